The highest BCUT2D eigenvalue weighted by Gasteiger charge is 2.17. The maximum absolute atomic E-state index is 11.3. The van der Waals surface area contributed by atoms with E-state index in [1.807, 2.05) is 0 Å². The van der Waals surface area contributed by atoms with Crippen LogP contribution in [0.5, 0.6) is 0 Å². The van der Waals surface area contributed by atoms with Crippen LogP contribution in [0.3, 0.4) is 0 Å². The van der Waals surface area contributed by atoms with Crippen molar-refractivity contribution in [2.24, 2.45) is 5.14 Å². The van der Waals surface area contributed by atoms with Gasteiger partial charge in [0.2, 0.25) is 0 Å². The molecule has 0 radical (unpaired) electrons. The average molecular weight is 310 g/mol. The average Bonchev–Trinajstić information content (AvgIpc) is 2.73. The van der Waals surface area contributed by atoms with Gasteiger partial charge < -0.3 is 4.57 Å². The van der Waals surface area contributed by atoms with E-state index in [1.165, 1.54) is 12.3 Å². The van der Waals surface area contributed by atoms with E-state index in [2.05, 4.69) is 4.98 Å². The van der Waals surface area contributed by atoms with Gasteiger partial charge in [-0.05, 0) is 19.4 Å². The smallest absolute Gasteiger partial charge is 0.272 e. The molecule has 21 heavy (non-hydrogen) atoms. The summed E-state index contributed by atoms with van der Waals surface area (Å²) in [7, 11) is -3.87. The lowest BCUT2D eigenvalue weighted by Crippen LogP contribution is -2.12. The molecule has 0 amide bonds. The first-order valence-corrected chi connectivity index (χ1v) is 7.54. The fourth-order valence-electron chi connectivity index (χ4n) is 2.00. The first-order valence-electron chi connectivity index (χ1n) is 5.99. The molecule has 0 bridgehead atoms. The Morgan fingerprint density at radius 3 is 2.57 bits per heavy atom. The predicted molar refractivity (Wildman–Crippen MR) is 75.3 cm³/mol. The molecular formula is C12H14N4O4S. The van der Waals surface area contributed by atoms with Crippen molar-refractivity contribution in [2.45, 2.75) is 25.4 Å². The van der Waals surface area contributed by atoms with Crippen LogP contribution in [0.4, 0.5) is 5.69 Å². The predicted octanol–water partition coefficient (Wildman–Crippen LogP) is 1.10. The van der Waals surface area contributed by atoms with Gasteiger partial charge in [-0.25, -0.2) is 18.5 Å². The Labute approximate surface area is 121 Å². The van der Waals surface area contributed by atoms with Gasteiger partial charge in [0.25, 0.3) is 15.7 Å². The molecule has 2 rings (SSSR count). The molecule has 0 aliphatic rings. The summed E-state index contributed by atoms with van der Waals surface area (Å²) in [4.78, 5) is 14.4. The van der Waals surface area contributed by atoms with E-state index in [0.717, 1.165) is 0 Å². The van der Waals surface area contributed by atoms with Crippen molar-refractivity contribution in [3.8, 4) is 0 Å². The Hall–Kier alpha value is -2.26. The number of nitro benzene ring substituents is 1. The maximum atomic E-state index is 11.3. The molecule has 0 aliphatic heterocycles. The SMILES string of the molecule is Cc1c(Cn2cc(S(N)(=O)=O)nc2C)cccc1[N+](=O)[O-]. The number of sulfonamides is 1. The van der Waals surface area contributed by atoms with E-state index in [0.29, 0.717) is 17.0 Å². The van der Waals surface area contributed by atoms with Crippen LogP contribution in [-0.4, -0.2) is 22.9 Å². The molecule has 0 saturated heterocycles. The van der Waals surface area contributed by atoms with Gasteiger partial charge in [0, 0.05) is 24.4 Å². The molecule has 2 aromatic rings. The van der Waals surface area contributed by atoms with E-state index in [1.54, 1.807) is 30.5 Å². The van der Waals surface area contributed by atoms with Crippen molar-refractivity contribution in [2.75, 3.05) is 0 Å². The zero-order valence-corrected chi connectivity index (χ0v) is 12.3. The molecule has 1 heterocycles. The second-order valence-corrected chi connectivity index (χ2v) is 6.13. The topological polar surface area (TPSA) is 121 Å². The van der Waals surface area contributed by atoms with Crippen molar-refractivity contribution in [3.63, 3.8) is 0 Å². The molecule has 112 valence electrons. The van der Waals surface area contributed by atoms with Crippen LogP contribution in [0, 0.1) is 24.0 Å². The number of benzene rings is 1. The van der Waals surface area contributed by atoms with Crippen LogP contribution in [-0.2, 0) is 16.6 Å². The normalized spacial score (nSPS) is 11.6. The Bertz CT molecular complexity index is 811. The van der Waals surface area contributed by atoms with Gasteiger partial charge in [-0.15, -0.1) is 0 Å². The minimum atomic E-state index is -3.87. The van der Waals surface area contributed by atoms with Crippen LogP contribution >= 0.6 is 0 Å². The number of imidazole rings is 1. The largest absolute Gasteiger partial charge is 0.329 e. The standard InChI is InChI=1S/C12H14N4O4S/c1-8-10(4-3-5-11(8)16(17)18)6-15-7-12(14-9(15)2)21(13,19)20/h3-5,7H,6H2,1-2H3,(H2,13,19,20). The van der Waals surface area contributed by atoms with Gasteiger partial charge in [0.1, 0.15) is 5.82 Å². The van der Waals surface area contributed by atoms with Crippen LogP contribution in [0.15, 0.2) is 29.4 Å². The lowest BCUT2D eigenvalue weighted by Gasteiger charge is -2.08. The molecule has 8 nitrogen and oxygen atoms in total. The van der Waals surface area contributed by atoms with E-state index in [4.69, 9.17) is 5.14 Å². The number of nitrogens with two attached hydrogens (primary N) is 1. The number of hydrogen-bond donors (Lipinski definition) is 1. The third kappa shape index (κ3) is 3.09. The van der Waals surface area contributed by atoms with E-state index in [9.17, 15) is 18.5 Å². The number of hydrogen-bond acceptors (Lipinski definition) is 5. The zero-order chi connectivity index (χ0) is 15.8. The molecule has 0 atom stereocenters. The number of primary sulfonamides is 1. The van der Waals surface area contributed by atoms with Gasteiger partial charge in [-0.1, -0.05) is 12.1 Å². The Kier molecular flexibility index (Phi) is 3.79. The highest BCUT2D eigenvalue weighted by atomic mass is 32.2. The first kappa shape index (κ1) is 15.1. The minimum absolute atomic E-state index is 0.0249. The lowest BCUT2D eigenvalue weighted by atomic mass is 10.1. The molecule has 1 aromatic carbocycles. The number of rotatable bonds is 4. The lowest BCUT2D eigenvalue weighted by molar-refractivity contribution is -0.385. The van der Waals surface area contributed by atoms with E-state index < -0.39 is 14.9 Å². The quantitative estimate of drug-likeness (QED) is 0.669. The van der Waals surface area contributed by atoms with E-state index >= 15 is 0 Å². The van der Waals surface area contributed by atoms with Crippen molar-refractivity contribution < 1.29 is 13.3 Å². The van der Waals surface area contributed by atoms with Crippen LogP contribution in [0.25, 0.3) is 0 Å². The Morgan fingerprint density at radius 1 is 1.38 bits per heavy atom. The van der Waals surface area contributed by atoms with Gasteiger partial charge in [-0.2, -0.15) is 0 Å². The molecule has 2 N–H and O–H groups in total. The third-order valence-electron chi connectivity index (χ3n) is 3.20. The van der Waals surface area contributed by atoms with Crippen molar-refractivity contribution in [1.82, 2.24) is 9.55 Å². The van der Waals surface area contributed by atoms with Gasteiger partial charge in [0.15, 0.2) is 5.03 Å². The summed E-state index contributed by atoms with van der Waals surface area (Å²) in [5.74, 6) is 0.463. The van der Waals surface area contributed by atoms with E-state index in [-0.39, 0.29) is 17.3 Å². The maximum Gasteiger partial charge on any atom is 0.272 e. The molecule has 0 unspecified atom stereocenters. The number of aryl methyl sites for hydroxylation is 1. The van der Waals surface area contributed by atoms with Crippen molar-refractivity contribution in [3.05, 3.63) is 51.5 Å². The summed E-state index contributed by atoms with van der Waals surface area (Å²) in [6.45, 7) is 3.57. The van der Waals surface area contributed by atoms with Gasteiger partial charge in [-0.3, -0.25) is 10.1 Å². The molecule has 9 heteroatoms. The number of aromatic nitrogens is 2. The molecule has 0 spiro atoms. The van der Waals surface area contributed by atoms with Crippen LogP contribution in [0.2, 0.25) is 0 Å². The van der Waals surface area contributed by atoms with Crippen molar-refractivity contribution >= 4 is 15.7 Å². The molecule has 1 aromatic heterocycles. The minimum Gasteiger partial charge on any atom is -0.329 e. The second-order valence-electron chi connectivity index (χ2n) is 4.62. The first-order chi connectivity index (χ1) is 9.70. The molecule has 0 saturated carbocycles. The van der Waals surface area contributed by atoms with Gasteiger partial charge in [0.05, 0.1) is 4.92 Å². The van der Waals surface area contributed by atoms with Crippen LogP contribution < -0.4 is 5.14 Å². The summed E-state index contributed by atoms with van der Waals surface area (Å²) in [5.41, 5.74) is 1.27. The third-order valence-corrected chi connectivity index (χ3v) is 3.98. The van der Waals surface area contributed by atoms with Gasteiger partial charge >= 0.3 is 0 Å². The van der Waals surface area contributed by atoms with Crippen molar-refractivity contribution in [1.29, 1.82) is 0 Å². The second kappa shape index (κ2) is 5.26. The monoisotopic (exact) mass is 310 g/mol. The summed E-state index contributed by atoms with van der Waals surface area (Å²) >= 11 is 0. The highest BCUT2D eigenvalue weighted by Crippen LogP contribution is 2.22. The summed E-state index contributed by atoms with van der Waals surface area (Å²) in [6, 6.07) is 4.76. The Balaban J connectivity index is 2.42. The Morgan fingerprint density at radius 2 is 2.05 bits per heavy atom. The summed E-state index contributed by atoms with van der Waals surface area (Å²) in [6.07, 6.45) is 1.32. The number of nitro groups is 1. The highest BCUT2D eigenvalue weighted by molar-refractivity contribution is 7.89. The van der Waals surface area contributed by atoms with Crippen LogP contribution in [0.1, 0.15) is 17.0 Å². The molecule has 0 fully saturated rings. The fraction of sp³-hybridized carbons (Fsp3) is 0.250. The summed E-state index contributed by atoms with van der Waals surface area (Å²) < 4.78 is 24.1. The number of nitrogens with zero attached hydrogens (tertiary/aromatic N) is 3. The fourth-order valence-corrected chi connectivity index (χ4v) is 2.53. The summed E-state index contributed by atoms with van der Waals surface area (Å²) in [5, 5.41) is 15.7. The molecule has 0 aliphatic carbocycles. The zero-order valence-electron chi connectivity index (χ0n) is 11.5. The molecular weight excluding hydrogens is 296 g/mol.